The maximum Gasteiger partial charge on any atom is 0.128 e. The molecule has 1 saturated heterocycles. The molecule has 118 valence electrons. The fourth-order valence-corrected chi connectivity index (χ4v) is 3.05. The first kappa shape index (κ1) is 16.2. The summed E-state index contributed by atoms with van der Waals surface area (Å²) in [5.41, 5.74) is 7.85. The zero-order chi connectivity index (χ0) is 15.6. The van der Waals surface area contributed by atoms with Crippen molar-refractivity contribution in [1.29, 1.82) is 0 Å². The summed E-state index contributed by atoms with van der Waals surface area (Å²) < 4.78 is 14.3. The Bertz CT molecular complexity index is 465. The molecule has 0 saturated carbocycles. The van der Waals surface area contributed by atoms with E-state index in [1.807, 2.05) is 13.0 Å². The highest BCUT2D eigenvalue weighted by molar-refractivity contribution is 5.55. The molecular formula is C17H28FN3. The number of halogens is 1. The van der Waals surface area contributed by atoms with E-state index < -0.39 is 0 Å². The van der Waals surface area contributed by atoms with Crippen LogP contribution in [-0.2, 0) is 6.42 Å². The quantitative estimate of drug-likeness (QED) is 0.926. The van der Waals surface area contributed by atoms with Crippen molar-refractivity contribution < 1.29 is 4.39 Å². The lowest BCUT2D eigenvalue weighted by atomic mass is 9.99. The third-order valence-electron chi connectivity index (χ3n) is 4.79. The molecule has 1 aliphatic rings. The first-order chi connectivity index (χ1) is 9.93. The maximum atomic E-state index is 14.3. The van der Waals surface area contributed by atoms with Crippen LogP contribution in [0.15, 0.2) is 18.2 Å². The molecule has 1 fully saturated rings. The monoisotopic (exact) mass is 293 g/mol. The second kappa shape index (κ2) is 6.75. The predicted molar refractivity (Wildman–Crippen MR) is 87.3 cm³/mol. The molecule has 0 spiro atoms. The Morgan fingerprint density at radius 3 is 2.48 bits per heavy atom. The minimum atomic E-state index is -0.129. The number of anilines is 1. The van der Waals surface area contributed by atoms with Gasteiger partial charge in [-0.05, 0) is 45.9 Å². The van der Waals surface area contributed by atoms with E-state index in [1.165, 1.54) is 0 Å². The molecule has 2 rings (SSSR count). The highest BCUT2D eigenvalue weighted by Crippen LogP contribution is 2.28. The van der Waals surface area contributed by atoms with Crippen molar-refractivity contribution in [2.45, 2.75) is 51.7 Å². The Hall–Kier alpha value is -1.13. The van der Waals surface area contributed by atoms with Gasteiger partial charge in [0.2, 0.25) is 0 Å². The summed E-state index contributed by atoms with van der Waals surface area (Å²) in [6, 6.07) is 6.33. The average molecular weight is 293 g/mol. The first-order valence-electron chi connectivity index (χ1n) is 7.93. The lowest BCUT2D eigenvalue weighted by Crippen LogP contribution is -2.55. The number of piperazine rings is 1. The molecule has 21 heavy (non-hydrogen) atoms. The van der Waals surface area contributed by atoms with Crippen LogP contribution in [0, 0.1) is 5.82 Å². The standard InChI is InChI=1S/C17H28FN3/c1-5-14(19)9-15-16(18)7-6-8-17(15)21-10-12(2)20(4)13(3)11-21/h6-8,12-14H,5,9-11,19H2,1-4H3. The third kappa shape index (κ3) is 3.55. The molecule has 0 bridgehead atoms. The van der Waals surface area contributed by atoms with Crippen LogP contribution in [0.2, 0.25) is 0 Å². The molecule has 3 nitrogen and oxygen atoms in total. The van der Waals surface area contributed by atoms with Gasteiger partial charge >= 0.3 is 0 Å². The van der Waals surface area contributed by atoms with Gasteiger partial charge in [0.05, 0.1) is 0 Å². The van der Waals surface area contributed by atoms with Gasteiger partial charge in [-0.2, -0.15) is 0 Å². The Labute approximate surface area is 127 Å². The zero-order valence-electron chi connectivity index (χ0n) is 13.6. The molecule has 2 N–H and O–H groups in total. The second-order valence-corrected chi connectivity index (χ2v) is 6.38. The van der Waals surface area contributed by atoms with E-state index in [1.54, 1.807) is 12.1 Å². The van der Waals surface area contributed by atoms with Gasteiger partial charge in [-0.25, -0.2) is 4.39 Å². The van der Waals surface area contributed by atoms with E-state index in [0.717, 1.165) is 30.8 Å². The van der Waals surface area contributed by atoms with Crippen molar-refractivity contribution >= 4 is 5.69 Å². The number of benzene rings is 1. The van der Waals surface area contributed by atoms with E-state index in [0.29, 0.717) is 18.5 Å². The number of nitrogens with two attached hydrogens (primary N) is 1. The average Bonchev–Trinajstić information content (AvgIpc) is 2.46. The zero-order valence-corrected chi connectivity index (χ0v) is 13.6. The van der Waals surface area contributed by atoms with E-state index >= 15 is 0 Å². The Balaban J connectivity index is 2.29. The fourth-order valence-electron chi connectivity index (χ4n) is 3.05. The van der Waals surface area contributed by atoms with E-state index in [2.05, 4.69) is 30.7 Å². The van der Waals surface area contributed by atoms with E-state index in [4.69, 9.17) is 5.73 Å². The molecule has 0 amide bonds. The number of likely N-dealkylation sites (N-methyl/N-ethyl adjacent to an activating group) is 1. The lowest BCUT2D eigenvalue weighted by Gasteiger charge is -2.44. The van der Waals surface area contributed by atoms with Crippen LogP contribution < -0.4 is 10.6 Å². The Kier molecular flexibility index (Phi) is 5.22. The molecule has 1 aromatic carbocycles. The summed E-state index contributed by atoms with van der Waals surface area (Å²) >= 11 is 0. The van der Waals surface area contributed by atoms with Crippen molar-refractivity contribution in [1.82, 2.24) is 4.90 Å². The van der Waals surface area contributed by atoms with Crippen molar-refractivity contribution in [2.24, 2.45) is 5.73 Å². The van der Waals surface area contributed by atoms with Crippen LogP contribution >= 0.6 is 0 Å². The third-order valence-corrected chi connectivity index (χ3v) is 4.79. The minimum absolute atomic E-state index is 0.0166. The van der Waals surface area contributed by atoms with Gasteiger partial charge in [0, 0.05) is 42.5 Å². The lowest BCUT2D eigenvalue weighted by molar-refractivity contribution is 0.170. The normalized spacial score (nSPS) is 25.1. The fraction of sp³-hybridized carbons (Fsp3) is 0.647. The molecule has 1 aliphatic heterocycles. The molecule has 1 aromatic rings. The van der Waals surface area contributed by atoms with Crippen LogP contribution in [0.25, 0.3) is 0 Å². The number of rotatable bonds is 4. The van der Waals surface area contributed by atoms with Gasteiger partial charge < -0.3 is 10.6 Å². The number of nitrogens with zero attached hydrogens (tertiary/aromatic N) is 2. The second-order valence-electron chi connectivity index (χ2n) is 6.38. The van der Waals surface area contributed by atoms with Crippen LogP contribution in [0.5, 0.6) is 0 Å². The first-order valence-corrected chi connectivity index (χ1v) is 7.93. The van der Waals surface area contributed by atoms with Gasteiger partial charge in [0.15, 0.2) is 0 Å². The van der Waals surface area contributed by atoms with Gasteiger partial charge in [0.25, 0.3) is 0 Å². The summed E-state index contributed by atoms with van der Waals surface area (Å²) in [6.45, 7) is 8.35. The Morgan fingerprint density at radius 1 is 1.29 bits per heavy atom. The molecule has 0 radical (unpaired) electrons. The summed E-state index contributed by atoms with van der Waals surface area (Å²) in [7, 11) is 2.16. The molecule has 3 unspecified atom stereocenters. The predicted octanol–water partition coefficient (Wildman–Crippen LogP) is 2.63. The smallest absolute Gasteiger partial charge is 0.128 e. The highest BCUT2D eigenvalue weighted by atomic mass is 19.1. The molecule has 1 heterocycles. The molecule has 0 aromatic heterocycles. The van der Waals surface area contributed by atoms with Crippen molar-refractivity contribution in [3.63, 3.8) is 0 Å². The minimum Gasteiger partial charge on any atom is -0.368 e. The van der Waals surface area contributed by atoms with Gasteiger partial charge in [0.1, 0.15) is 5.82 Å². The molecule has 3 atom stereocenters. The van der Waals surface area contributed by atoms with Crippen molar-refractivity contribution in [2.75, 3.05) is 25.0 Å². The summed E-state index contributed by atoms with van der Waals surface area (Å²) in [4.78, 5) is 4.70. The number of hydrogen-bond donors (Lipinski definition) is 1. The molecular weight excluding hydrogens is 265 g/mol. The van der Waals surface area contributed by atoms with Gasteiger partial charge in [-0.3, -0.25) is 4.90 Å². The summed E-state index contributed by atoms with van der Waals surface area (Å²) in [5, 5.41) is 0. The SMILES string of the molecule is CCC(N)Cc1c(F)cccc1N1CC(C)N(C)C(C)C1. The van der Waals surface area contributed by atoms with Gasteiger partial charge in [-0.15, -0.1) is 0 Å². The topological polar surface area (TPSA) is 32.5 Å². The van der Waals surface area contributed by atoms with E-state index in [9.17, 15) is 4.39 Å². The largest absolute Gasteiger partial charge is 0.368 e. The van der Waals surface area contributed by atoms with Crippen LogP contribution in [0.4, 0.5) is 10.1 Å². The van der Waals surface area contributed by atoms with E-state index in [-0.39, 0.29) is 11.9 Å². The maximum absolute atomic E-state index is 14.3. The van der Waals surface area contributed by atoms with Gasteiger partial charge in [-0.1, -0.05) is 13.0 Å². The molecule has 0 aliphatic carbocycles. The highest BCUT2D eigenvalue weighted by Gasteiger charge is 2.28. The molecule has 4 heteroatoms. The Morgan fingerprint density at radius 2 is 1.90 bits per heavy atom. The number of hydrogen-bond acceptors (Lipinski definition) is 3. The van der Waals surface area contributed by atoms with Crippen molar-refractivity contribution in [3.05, 3.63) is 29.6 Å². The summed E-state index contributed by atoms with van der Waals surface area (Å²) in [6.07, 6.45) is 1.47. The van der Waals surface area contributed by atoms with Crippen LogP contribution in [-0.4, -0.2) is 43.2 Å². The van der Waals surface area contributed by atoms with Crippen LogP contribution in [0.1, 0.15) is 32.8 Å². The van der Waals surface area contributed by atoms with Crippen LogP contribution in [0.3, 0.4) is 0 Å². The van der Waals surface area contributed by atoms with Crippen molar-refractivity contribution in [3.8, 4) is 0 Å². The summed E-state index contributed by atoms with van der Waals surface area (Å²) in [5.74, 6) is -0.129.